The monoisotopic (exact) mass is 303 g/mol. The van der Waals surface area contributed by atoms with Crippen LogP contribution in [0.3, 0.4) is 0 Å². The summed E-state index contributed by atoms with van der Waals surface area (Å²) in [5.74, 6) is 0. The number of rotatable bonds is 2. The van der Waals surface area contributed by atoms with Gasteiger partial charge in [0.25, 0.3) is 0 Å². The highest BCUT2D eigenvalue weighted by Gasteiger charge is 2.33. The molecule has 1 rings (SSSR count). The maximum atomic E-state index is 12.3. The smallest absolute Gasteiger partial charge is 0.429 e. The van der Waals surface area contributed by atoms with Gasteiger partial charge in [0.15, 0.2) is 0 Å². The molecule has 2 amide bonds. The van der Waals surface area contributed by atoms with Crippen LogP contribution in [-0.2, 0) is 14.3 Å². The maximum Gasteiger partial charge on any atom is 0.429 e. The first-order valence-corrected chi connectivity index (χ1v) is 7.02. The van der Waals surface area contributed by atoms with Gasteiger partial charge in [-0.15, -0.1) is 0 Å². The van der Waals surface area contributed by atoms with E-state index in [1.165, 1.54) is 10.0 Å². The lowest BCUT2D eigenvalue weighted by Crippen LogP contribution is -2.52. The number of nitrogens with zero attached hydrogens (tertiary/aromatic N) is 3. The van der Waals surface area contributed by atoms with Gasteiger partial charge in [-0.25, -0.2) is 19.6 Å². The van der Waals surface area contributed by atoms with Gasteiger partial charge >= 0.3 is 12.2 Å². The number of hydroxylamine groups is 2. The van der Waals surface area contributed by atoms with Crippen LogP contribution < -0.4 is 0 Å². The molecule has 0 unspecified atom stereocenters. The van der Waals surface area contributed by atoms with Crippen LogP contribution in [0.4, 0.5) is 9.59 Å². The van der Waals surface area contributed by atoms with Gasteiger partial charge in [0, 0.05) is 13.1 Å². The second-order valence-corrected chi connectivity index (χ2v) is 5.54. The normalized spacial score (nSPS) is 17.4. The molecule has 122 valence electrons. The van der Waals surface area contributed by atoms with Crippen LogP contribution in [0.1, 0.15) is 27.7 Å². The van der Waals surface area contributed by atoms with Crippen LogP contribution in [0, 0.1) is 0 Å². The molecule has 1 aliphatic heterocycles. The SMILES string of the molecule is CCOC(=O)N1CCN(OC)CCN1C(=O)OC(C)(C)C. The summed E-state index contributed by atoms with van der Waals surface area (Å²) in [5, 5.41) is 4.20. The van der Waals surface area contributed by atoms with E-state index in [-0.39, 0.29) is 19.7 Å². The molecule has 0 N–H and O–H groups in total. The summed E-state index contributed by atoms with van der Waals surface area (Å²) in [4.78, 5) is 29.5. The standard InChI is InChI=1S/C13H25N3O5/c1-6-20-11(17)15-9-7-14(19-5)8-10-16(15)12(18)21-13(2,3)4/h6-10H2,1-5H3. The summed E-state index contributed by atoms with van der Waals surface area (Å²) in [6.45, 7) is 8.81. The average Bonchev–Trinajstić information content (AvgIpc) is 2.59. The van der Waals surface area contributed by atoms with Crippen molar-refractivity contribution in [3.63, 3.8) is 0 Å². The van der Waals surface area contributed by atoms with E-state index in [2.05, 4.69) is 0 Å². The molecule has 8 nitrogen and oxygen atoms in total. The lowest BCUT2D eigenvalue weighted by atomic mass is 10.2. The third kappa shape index (κ3) is 5.39. The Hall–Kier alpha value is -1.54. The van der Waals surface area contributed by atoms with Gasteiger partial charge in [-0.2, -0.15) is 5.06 Å². The molecule has 21 heavy (non-hydrogen) atoms. The van der Waals surface area contributed by atoms with Crippen LogP contribution in [0.15, 0.2) is 0 Å². The highest BCUT2D eigenvalue weighted by atomic mass is 16.7. The largest absolute Gasteiger partial charge is 0.448 e. The van der Waals surface area contributed by atoms with Gasteiger partial charge in [0.1, 0.15) is 5.60 Å². The number of amides is 2. The Kier molecular flexibility index (Phi) is 6.22. The Labute approximate surface area is 125 Å². The minimum absolute atomic E-state index is 0.242. The topological polar surface area (TPSA) is 71.6 Å². The fourth-order valence-corrected chi connectivity index (χ4v) is 1.84. The number of hydrogen-bond donors (Lipinski definition) is 0. The Morgan fingerprint density at radius 3 is 1.95 bits per heavy atom. The van der Waals surface area contributed by atoms with Crippen molar-refractivity contribution in [2.24, 2.45) is 0 Å². The number of hydrogen-bond acceptors (Lipinski definition) is 6. The second-order valence-electron chi connectivity index (χ2n) is 5.54. The average molecular weight is 303 g/mol. The minimum Gasteiger partial charge on any atom is -0.448 e. The molecule has 1 heterocycles. The lowest BCUT2D eigenvalue weighted by Gasteiger charge is -2.33. The second kappa shape index (κ2) is 7.46. The predicted octanol–water partition coefficient (Wildman–Crippen LogP) is 1.47. The van der Waals surface area contributed by atoms with E-state index in [0.29, 0.717) is 13.1 Å². The van der Waals surface area contributed by atoms with E-state index in [1.54, 1.807) is 39.9 Å². The number of carbonyl (C=O) groups excluding carboxylic acids is 2. The quantitative estimate of drug-likeness (QED) is 0.769. The number of ether oxygens (including phenoxy) is 2. The van der Waals surface area contributed by atoms with Gasteiger partial charge in [-0.05, 0) is 27.7 Å². The molecule has 0 bridgehead atoms. The third-order valence-electron chi connectivity index (χ3n) is 2.75. The molecule has 0 aromatic rings. The van der Waals surface area contributed by atoms with E-state index >= 15 is 0 Å². The van der Waals surface area contributed by atoms with Gasteiger partial charge in [0.2, 0.25) is 0 Å². The molecule has 1 fully saturated rings. The third-order valence-corrected chi connectivity index (χ3v) is 2.75. The molecule has 0 saturated carbocycles. The molecule has 0 aromatic heterocycles. The molecule has 8 heteroatoms. The fourth-order valence-electron chi connectivity index (χ4n) is 1.84. The molecular formula is C13H25N3O5. The van der Waals surface area contributed by atoms with E-state index in [9.17, 15) is 9.59 Å². The van der Waals surface area contributed by atoms with E-state index in [4.69, 9.17) is 14.3 Å². The minimum atomic E-state index is -0.634. The van der Waals surface area contributed by atoms with Gasteiger partial charge in [0.05, 0.1) is 26.8 Å². The zero-order chi connectivity index (χ0) is 16.0. The Bertz CT molecular complexity index is 369. The zero-order valence-electron chi connectivity index (χ0n) is 13.4. The van der Waals surface area contributed by atoms with E-state index in [0.717, 1.165) is 0 Å². The Morgan fingerprint density at radius 2 is 1.52 bits per heavy atom. The zero-order valence-corrected chi connectivity index (χ0v) is 13.4. The van der Waals surface area contributed by atoms with Crippen molar-refractivity contribution in [2.75, 3.05) is 39.9 Å². The van der Waals surface area contributed by atoms with Crippen LogP contribution in [0.2, 0.25) is 0 Å². The van der Waals surface area contributed by atoms with Crippen molar-refractivity contribution in [3.8, 4) is 0 Å². The van der Waals surface area contributed by atoms with Gasteiger partial charge in [-0.1, -0.05) is 0 Å². The summed E-state index contributed by atoms with van der Waals surface area (Å²) < 4.78 is 10.3. The summed E-state index contributed by atoms with van der Waals surface area (Å²) in [5.41, 5.74) is -0.634. The predicted molar refractivity (Wildman–Crippen MR) is 75.3 cm³/mol. The van der Waals surface area contributed by atoms with Crippen molar-refractivity contribution in [1.29, 1.82) is 0 Å². The molecule has 0 radical (unpaired) electrons. The lowest BCUT2D eigenvalue weighted by molar-refractivity contribution is -0.125. The Morgan fingerprint density at radius 1 is 1.00 bits per heavy atom. The van der Waals surface area contributed by atoms with Crippen molar-refractivity contribution < 1.29 is 23.9 Å². The first-order chi connectivity index (χ1) is 9.78. The van der Waals surface area contributed by atoms with Gasteiger partial charge < -0.3 is 14.3 Å². The highest BCUT2D eigenvalue weighted by molar-refractivity contribution is 5.74. The fraction of sp³-hybridized carbons (Fsp3) is 0.846. The van der Waals surface area contributed by atoms with Crippen molar-refractivity contribution in [1.82, 2.24) is 15.1 Å². The van der Waals surface area contributed by atoms with Crippen LogP contribution in [0.25, 0.3) is 0 Å². The first-order valence-electron chi connectivity index (χ1n) is 7.02. The summed E-state index contributed by atoms with van der Waals surface area (Å²) in [6.07, 6.45) is -1.14. The van der Waals surface area contributed by atoms with Crippen LogP contribution >= 0.6 is 0 Å². The molecule has 0 spiro atoms. The number of hydrazine groups is 1. The molecule has 1 aliphatic rings. The van der Waals surface area contributed by atoms with E-state index < -0.39 is 17.8 Å². The number of carbonyl (C=O) groups is 2. The molecule has 0 atom stereocenters. The Balaban J connectivity index is 2.86. The van der Waals surface area contributed by atoms with Crippen molar-refractivity contribution in [2.45, 2.75) is 33.3 Å². The van der Waals surface area contributed by atoms with Crippen LogP contribution in [0.5, 0.6) is 0 Å². The summed E-state index contributed by atoms with van der Waals surface area (Å²) in [7, 11) is 1.55. The van der Waals surface area contributed by atoms with Crippen molar-refractivity contribution >= 4 is 12.2 Å². The molecule has 1 saturated heterocycles. The molecule has 0 aliphatic carbocycles. The van der Waals surface area contributed by atoms with E-state index in [1.807, 2.05) is 0 Å². The summed E-state index contributed by atoms with van der Waals surface area (Å²) in [6, 6.07) is 0. The molecular weight excluding hydrogens is 278 g/mol. The van der Waals surface area contributed by atoms with Crippen molar-refractivity contribution in [3.05, 3.63) is 0 Å². The van der Waals surface area contributed by atoms with Crippen LogP contribution in [-0.4, -0.2) is 72.8 Å². The first kappa shape index (κ1) is 17.5. The highest BCUT2D eigenvalue weighted by Crippen LogP contribution is 2.14. The van der Waals surface area contributed by atoms with Gasteiger partial charge in [-0.3, -0.25) is 0 Å². The molecule has 0 aromatic carbocycles. The maximum absolute atomic E-state index is 12.3. The summed E-state index contributed by atoms with van der Waals surface area (Å²) >= 11 is 0.